The number of rotatable bonds is 4. The Labute approximate surface area is 124 Å². The first-order chi connectivity index (χ1) is 10.4. The second kappa shape index (κ2) is 6.43. The number of esters is 1. The van der Waals surface area contributed by atoms with E-state index in [0.717, 1.165) is 0 Å². The van der Waals surface area contributed by atoms with Gasteiger partial charge in [-0.15, -0.1) is 0 Å². The first-order valence-corrected chi connectivity index (χ1v) is 6.31. The van der Waals surface area contributed by atoms with Crippen molar-refractivity contribution >= 4 is 11.8 Å². The molecule has 0 saturated carbocycles. The first-order valence-electron chi connectivity index (χ1n) is 6.31. The van der Waals surface area contributed by atoms with E-state index < -0.39 is 24.0 Å². The molecule has 0 unspecified atom stereocenters. The molecule has 0 aromatic heterocycles. The number of alkyl halides is 3. The standard InChI is InChI=1S/C16H11F3O3/c17-16(18,19)14(13(20)11-7-3-1-4-8-11)22-15(21)12-9-5-2-6-10-12/h1-10,14H/t14-/m1/s1. The van der Waals surface area contributed by atoms with Gasteiger partial charge in [0.2, 0.25) is 5.78 Å². The summed E-state index contributed by atoms with van der Waals surface area (Å²) in [6.45, 7) is 0. The molecule has 0 fully saturated rings. The van der Waals surface area contributed by atoms with Crippen molar-refractivity contribution < 1.29 is 27.5 Å². The quantitative estimate of drug-likeness (QED) is 0.639. The molecule has 2 aromatic carbocycles. The Bertz CT molecular complexity index is 651. The average molecular weight is 308 g/mol. The van der Waals surface area contributed by atoms with Gasteiger partial charge in [0.15, 0.2) is 0 Å². The Morgan fingerprint density at radius 2 is 1.27 bits per heavy atom. The van der Waals surface area contributed by atoms with Crippen molar-refractivity contribution in [3.63, 3.8) is 0 Å². The van der Waals surface area contributed by atoms with Crippen molar-refractivity contribution in [2.24, 2.45) is 0 Å². The molecule has 0 amide bonds. The van der Waals surface area contributed by atoms with Crippen molar-refractivity contribution in [1.29, 1.82) is 0 Å². The van der Waals surface area contributed by atoms with Crippen LogP contribution in [0.4, 0.5) is 13.2 Å². The third-order valence-electron chi connectivity index (χ3n) is 2.83. The van der Waals surface area contributed by atoms with E-state index in [2.05, 4.69) is 4.74 Å². The number of ether oxygens (including phenoxy) is 1. The molecular weight excluding hydrogens is 297 g/mol. The summed E-state index contributed by atoms with van der Waals surface area (Å²) in [6.07, 6.45) is -7.82. The molecule has 0 radical (unpaired) electrons. The zero-order valence-corrected chi connectivity index (χ0v) is 11.2. The van der Waals surface area contributed by atoms with Gasteiger partial charge in [0.05, 0.1) is 5.56 Å². The monoisotopic (exact) mass is 308 g/mol. The molecule has 6 heteroatoms. The Morgan fingerprint density at radius 3 is 1.73 bits per heavy atom. The molecule has 0 heterocycles. The van der Waals surface area contributed by atoms with E-state index in [1.807, 2.05) is 0 Å². The van der Waals surface area contributed by atoms with E-state index in [-0.39, 0.29) is 11.1 Å². The van der Waals surface area contributed by atoms with Gasteiger partial charge in [0.1, 0.15) is 0 Å². The SMILES string of the molecule is O=C(O[C@H](C(=O)c1ccccc1)C(F)(F)F)c1ccccc1. The number of benzene rings is 2. The molecule has 0 saturated heterocycles. The molecule has 2 rings (SSSR count). The van der Waals surface area contributed by atoms with Gasteiger partial charge in [0, 0.05) is 5.56 Å². The summed E-state index contributed by atoms with van der Waals surface area (Å²) >= 11 is 0. The third-order valence-corrected chi connectivity index (χ3v) is 2.83. The fourth-order valence-corrected chi connectivity index (χ4v) is 1.77. The maximum atomic E-state index is 13.0. The highest BCUT2D eigenvalue weighted by Gasteiger charge is 2.48. The number of ketones is 1. The Balaban J connectivity index is 2.25. The van der Waals surface area contributed by atoms with Crippen LogP contribution in [0.25, 0.3) is 0 Å². The number of carbonyl (C=O) groups is 2. The van der Waals surface area contributed by atoms with E-state index in [1.54, 1.807) is 12.1 Å². The van der Waals surface area contributed by atoms with E-state index in [1.165, 1.54) is 48.5 Å². The Kier molecular flexibility index (Phi) is 4.60. The molecular formula is C16H11F3O3. The number of carbonyl (C=O) groups excluding carboxylic acids is 2. The molecule has 1 atom stereocenters. The van der Waals surface area contributed by atoms with Gasteiger partial charge in [-0.1, -0.05) is 48.5 Å². The van der Waals surface area contributed by atoms with Crippen LogP contribution < -0.4 is 0 Å². The molecule has 0 aliphatic rings. The largest absolute Gasteiger partial charge is 0.441 e. The van der Waals surface area contributed by atoms with E-state index in [4.69, 9.17) is 0 Å². The van der Waals surface area contributed by atoms with Crippen molar-refractivity contribution in [1.82, 2.24) is 0 Å². The minimum Gasteiger partial charge on any atom is -0.441 e. The minimum atomic E-state index is -4.99. The lowest BCUT2D eigenvalue weighted by atomic mass is 10.1. The van der Waals surface area contributed by atoms with E-state index >= 15 is 0 Å². The molecule has 0 aliphatic carbocycles. The minimum absolute atomic E-state index is 0.0578. The van der Waals surface area contributed by atoms with Crippen LogP contribution in [0.5, 0.6) is 0 Å². The topological polar surface area (TPSA) is 43.4 Å². The van der Waals surface area contributed by atoms with Gasteiger partial charge >= 0.3 is 12.1 Å². The van der Waals surface area contributed by atoms with Crippen LogP contribution >= 0.6 is 0 Å². The number of hydrogen-bond acceptors (Lipinski definition) is 3. The highest BCUT2D eigenvalue weighted by Crippen LogP contribution is 2.27. The van der Waals surface area contributed by atoms with Crippen LogP contribution in [0, 0.1) is 0 Å². The Hall–Kier alpha value is -2.63. The maximum Gasteiger partial charge on any atom is 0.433 e. The van der Waals surface area contributed by atoms with Gasteiger partial charge in [-0.2, -0.15) is 13.2 Å². The van der Waals surface area contributed by atoms with Crippen molar-refractivity contribution in [3.8, 4) is 0 Å². The van der Waals surface area contributed by atoms with Crippen LogP contribution in [0.3, 0.4) is 0 Å². The fraction of sp³-hybridized carbons (Fsp3) is 0.125. The van der Waals surface area contributed by atoms with Crippen LogP contribution in [0.1, 0.15) is 20.7 Å². The smallest absolute Gasteiger partial charge is 0.433 e. The molecule has 0 N–H and O–H groups in total. The third kappa shape index (κ3) is 3.72. The summed E-state index contributed by atoms with van der Waals surface area (Å²) in [5.41, 5.74) is -0.233. The fourth-order valence-electron chi connectivity index (χ4n) is 1.77. The summed E-state index contributed by atoms with van der Waals surface area (Å²) in [4.78, 5) is 23.7. The van der Waals surface area contributed by atoms with E-state index in [9.17, 15) is 22.8 Å². The van der Waals surface area contributed by atoms with Crippen LogP contribution in [0.15, 0.2) is 60.7 Å². The molecule has 3 nitrogen and oxygen atoms in total. The molecule has 114 valence electrons. The highest BCUT2D eigenvalue weighted by molar-refractivity contribution is 6.02. The van der Waals surface area contributed by atoms with Crippen LogP contribution in [0.2, 0.25) is 0 Å². The maximum absolute atomic E-state index is 13.0. The zero-order valence-electron chi connectivity index (χ0n) is 11.2. The zero-order chi connectivity index (χ0) is 16.2. The first kappa shape index (κ1) is 15.8. The summed E-state index contributed by atoms with van der Waals surface area (Å²) in [7, 11) is 0. The van der Waals surface area contributed by atoms with Crippen LogP contribution in [-0.2, 0) is 4.74 Å². The lowest BCUT2D eigenvalue weighted by Gasteiger charge is -2.19. The summed E-state index contributed by atoms with van der Waals surface area (Å²) in [5, 5.41) is 0. The number of hydrogen-bond donors (Lipinski definition) is 0. The van der Waals surface area contributed by atoms with Crippen LogP contribution in [-0.4, -0.2) is 24.0 Å². The number of halogens is 3. The summed E-state index contributed by atoms with van der Waals surface area (Å²) in [6, 6.07) is 14.1. The molecule has 0 spiro atoms. The average Bonchev–Trinajstić information content (AvgIpc) is 2.52. The Morgan fingerprint density at radius 1 is 0.818 bits per heavy atom. The van der Waals surface area contributed by atoms with E-state index in [0.29, 0.717) is 0 Å². The second-order valence-electron chi connectivity index (χ2n) is 4.42. The molecule has 22 heavy (non-hydrogen) atoms. The second-order valence-corrected chi connectivity index (χ2v) is 4.42. The summed E-state index contributed by atoms with van der Waals surface area (Å²) < 4.78 is 43.5. The number of Topliss-reactive ketones (excluding diaryl/α,β-unsaturated/α-hetero) is 1. The van der Waals surface area contributed by atoms with Gasteiger partial charge < -0.3 is 4.74 Å². The van der Waals surface area contributed by atoms with Crippen molar-refractivity contribution in [2.45, 2.75) is 12.3 Å². The predicted molar refractivity (Wildman–Crippen MR) is 72.5 cm³/mol. The van der Waals surface area contributed by atoms with Crippen molar-refractivity contribution in [3.05, 3.63) is 71.8 Å². The van der Waals surface area contributed by atoms with Gasteiger partial charge in [-0.05, 0) is 12.1 Å². The predicted octanol–water partition coefficient (Wildman–Crippen LogP) is 3.66. The molecule has 0 aliphatic heterocycles. The molecule has 0 bridgehead atoms. The highest BCUT2D eigenvalue weighted by atomic mass is 19.4. The lowest BCUT2D eigenvalue weighted by Crippen LogP contribution is -2.40. The summed E-state index contributed by atoms with van der Waals surface area (Å²) in [5.74, 6) is -2.51. The van der Waals surface area contributed by atoms with Crippen molar-refractivity contribution in [2.75, 3.05) is 0 Å². The normalized spacial score (nSPS) is 12.5. The molecule has 2 aromatic rings. The van der Waals surface area contributed by atoms with Gasteiger partial charge in [-0.3, -0.25) is 4.79 Å². The van der Waals surface area contributed by atoms with Gasteiger partial charge in [-0.25, -0.2) is 4.79 Å². The lowest BCUT2D eigenvalue weighted by molar-refractivity contribution is -0.187. The van der Waals surface area contributed by atoms with Gasteiger partial charge in [0.25, 0.3) is 6.10 Å².